The lowest BCUT2D eigenvalue weighted by Gasteiger charge is -2.07. The maximum Gasteiger partial charge on any atom is 0.331 e. The van der Waals surface area contributed by atoms with Crippen molar-refractivity contribution in [2.24, 2.45) is 0 Å². The highest BCUT2D eigenvalue weighted by Crippen LogP contribution is 1.93. The van der Waals surface area contributed by atoms with E-state index in [1.54, 1.807) is 18.3 Å². The highest BCUT2D eigenvalue weighted by Gasteiger charge is 2.05. The Morgan fingerprint density at radius 1 is 1.24 bits per heavy atom. The van der Waals surface area contributed by atoms with Crippen LogP contribution >= 0.6 is 0 Å². The summed E-state index contributed by atoms with van der Waals surface area (Å²) in [5, 5.41) is 0. The average Bonchev–Trinajstić information content (AvgIpc) is 2.36. The van der Waals surface area contributed by atoms with Crippen LogP contribution in [0.15, 0.2) is 46.2 Å². The first-order valence-corrected chi connectivity index (χ1v) is 5.42. The number of hydrogen-bond acceptors (Lipinski definition) is 3. The van der Waals surface area contributed by atoms with E-state index in [-0.39, 0.29) is 17.8 Å². The molecule has 0 spiro atoms. The van der Waals surface area contributed by atoms with Crippen molar-refractivity contribution < 1.29 is 0 Å². The predicted molar refractivity (Wildman–Crippen MR) is 64.0 cm³/mol. The van der Waals surface area contributed by atoms with Crippen LogP contribution in [0.3, 0.4) is 0 Å². The van der Waals surface area contributed by atoms with E-state index in [0.717, 1.165) is 0 Å². The predicted octanol–water partition coefficient (Wildman–Crippen LogP) is 0.473. The highest BCUT2D eigenvalue weighted by atomic mass is 16.2. The highest BCUT2D eigenvalue weighted by molar-refractivity contribution is 5.04. The molecular weight excluding hydrogens is 218 g/mol. The zero-order chi connectivity index (χ0) is 12.3. The van der Waals surface area contributed by atoms with Gasteiger partial charge >= 0.3 is 5.69 Å². The molecule has 0 fully saturated rings. The largest absolute Gasteiger partial charge is 0.331 e. The van der Waals surface area contributed by atoms with Gasteiger partial charge in [-0.1, -0.05) is 6.07 Å². The van der Waals surface area contributed by atoms with E-state index in [0.29, 0.717) is 12.2 Å². The molecule has 2 rings (SSSR count). The summed E-state index contributed by atoms with van der Waals surface area (Å²) in [4.78, 5) is 27.7. The second kappa shape index (κ2) is 4.78. The van der Waals surface area contributed by atoms with Crippen molar-refractivity contribution in [3.63, 3.8) is 0 Å². The minimum Gasteiger partial charge on any atom is -0.301 e. The quantitative estimate of drug-likeness (QED) is 0.771. The van der Waals surface area contributed by atoms with Gasteiger partial charge in [0.2, 0.25) is 0 Å². The molecule has 2 heterocycles. The second-order valence-corrected chi connectivity index (χ2v) is 3.63. The SMILES string of the molecule is CCn1ccc(=O)n(Cc2ccccn2)c1=O. The van der Waals surface area contributed by atoms with E-state index in [4.69, 9.17) is 0 Å². The molecule has 88 valence electrons. The zero-order valence-corrected chi connectivity index (χ0v) is 9.54. The van der Waals surface area contributed by atoms with Crippen molar-refractivity contribution in [3.05, 3.63) is 63.2 Å². The van der Waals surface area contributed by atoms with Crippen LogP contribution in [0.4, 0.5) is 0 Å². The summed E-state index contributed by atoms with van der Waals surface area (Å²) >= 11 is 0. The topological polar surface area (TPSA) is 56.9 Å². The maximum absolute atomic E-state index is 11.9. The van der Waals surface area contributed by atoms with Gasteiger partial charge < -0.3 is 4.57 Å². The Labute approximate surface area is 98.0 Å². The van der Waals surface area contributed by atoms with Gasteiger partial charge in [-0.25, -0.2) is 4.79 Å². The van der Waals surface area contributed by atoms with Crippen molar-refractivity contribution in [1.82, 2.24) is 14.1 Å². The van der Waals surface area contributed by atoms with Gasteiger partial charge in [-0.2, -0.15) is 0 Å². The molecule has 0 saturated heterocycles. The smallest absolute Gasteiger partial charge is 0.301 e. The number of rotatable bonds is 3. The average molecular weight is 231 g/mol. The summed E-state index contributed by atoms with van der Waals surface area (Å²) in [5.41, 5.74) is 0.0940. The van der Waals surface area contributed by atoms with Crippen LogP contribution in [0, 0.1) is 0 Å². The molecular formula is C12H13N3O2. The van der Waals surface area contributed by atoms with Crippen LogP contribution in [-0.2, 0) is 13.1 Å². The van der Waals surface area contributed by atoms with Gasteiger partial charge in [0.25, 0.3) is 5.56 Å². The Morgan fingerprint density at radius 3 is 2.71 bits per heavy atom. The molecule has 0 bridgehead atoms. The zero-order valence-electron chi connectivity index (χ0n) is 9.54. The standard InChI is InChI=1S/C12H13N3O2/c1-2-14-8-6-11(16)15(12(14)17)9-10-5-3-4-7-13-10/h3-8H,2,9H2,1H3. The third-order valence-electron chi connectivity index (χ3n) is 2.53. The molecule has 0 atom stereocenters. The number of hydrogen-bond donors (Lipinski definition) is 0. The van der Waals surface area contributed by atoms with Crippen LogP contribution in [0.2, 0.25) is 0 Å². The molecule has 0 aliphatic carbocycles. The Balaban J connectivity index is 2.46. The van der Waals surface area contributed by atoms with Gasteiger partial charge in [0.15, 0.2) is 0 Å². The molecule has 2 aromatic rings. The number of aryl methyl sites for hydroxylation is 1. The fourth-order valence-corrected chi connectivity index (χ4v) is 1.60. The molecule has 5 nitrogen and oxygen atoms in total. The van der Waals surface area contributed by atoms with Crippen molar-refractivity contribution in [2.75, 3.05) is 0 Å². The van der Waals surface area contributed by atoms with E-state index < -0.39 is 0 Å². The summed E-state index contributed by atoms with van der Waals surface area (Å²) in [6.07, 6.45) is 3.15. The maximum atomic E-state index is 11.9. The van der Waals surface area contributed by atoms with Crippen molar-refractivity contribution >= 4 is 0 Å². The first-order chi connectivity index (χ1) is 8.22. The van der Waals surface area contributed by atoms with Gasteiger partial charge in [-0.15, -0.1) is 0 Å². The molecule has 0 radical (unpaired) electrons. The van der Waals surface area contributed by atoms with E-state index >= 15 is 0 Å². The molecule has 0 aromatic carbocycles. The molecule has 0 saturated carbocycles. The molecule has 0 amide bonds. The fraction of sp³-hybridized carbons (Fsp3) is 0.250. The van der Waals surface area contributed by atoms with Gasteiger partial charge in [0.1, 0.15) is 0 Å². The summed E-state index contributed by atoms with van der Waals surface area (Å²) in [6, 6.07) is 6.80. The summed E-state index contributed by atoms with van der Waals surface area (Å²) < 4.78 is 2.68. The van der Waals surface area contributed by atoms with Crippen molar-refractivity contribution in [1.29, 1.82) is 0 Å². The number of nitrogens with zero attached hydrogens (tertiary/aromatic N) is 3. The Morgan fingerprint density at radius 2 is 2.06 bits per heavy atom. The molecule has 5 heteroatoms. The molecule has 0 N–H and O–H groups in total. The van der Waals surface area contributed by atoms with E-state index in [1.165, 1.54) is 21.4 Å². The summed E-state index contributed by atoms with van der Waals surface area (Å²) in [6.45, 7) is 2.61. The van der Waals surface area contributed by atoms with E-state index in [1.807, 2.05) is 13.0 Å². The van der Waals surface area contributed by atoms with Crippen molar-refractivity contribution in [2.45, 2.75) is 20.0 Å². The van der Waals surface area contributed by atoms with Crippen molar-refractivity contribution in [3.8, 4) is 0 Å². The second-order valence-electron chi connectivity index (χ2n) is 3.63. The lowest BCUT2D eigenvalue weighted by molar-refractivity contribution is 0.594. The van der Waals surface area contributed by atoms with Crippen LogP contribution in [0.1, 0.15) is 12.6 Å². The van der Waals surface area contributed by atoms with Gasteiger partial charge in [-0.05, 0) is 19.1 Å². The molecule has 0 unspecified atom stereocenters. The molecule has 2 aromatic heterocycles. The number of aromatic nitrogens is 3. The first-order valence-electron chi connectivity index (χ1n) is 5.42. The lowest BCUT2D eigenvalue weighted by atomic mass is 10.3. The monoisotopic (exact) mass is 231 g/mol. The molecule has 0 aliphatic rings. The third kappa shape index (κ3) is 2.33. The minimum absolute atomic E-state index is 0.208. The first kappa shape index (κ1) is 11.3. The minimum atomic E-state index is -0.301. The van der Waals surface area contributed by atoms with Crippen LogP contribution in [-0.4, -0.2) is 14.1 Å². The fourth-order valence-electron chi connectivity index (χ4n) is 1.60. The van der Waals surface area contributed by atoms with Gasteiger partial charge in [0, 0.05) is 25.0 Å². The summed E-state index contributed by atoms with van der Waals surface area (Å²) in [7, 11) is 0. The normalized spacial score (nSPS) is 10.4. The lowest BCUT2D eigenvalue weighted by Crippen LogP contribution is -2.39. The Hall–Kier alpha value is -2.17. The Kier molecular flexibility index (Phi) is 3.18. The van der Waals surface area contributed by atoms with E-state index in [2.05, 4.69) is 4.98 Å². The van der Waals surface area contributed by atoms with Gasteiger partial charge in [0.05, 0.1) is 12.2 Å². The van der Waals surface area contributed by atoms with Gasteiger partial charge in [-0.3, -0.25) is 14.3 Å². The van der Waals surface area contributed by atoms with Crippen LogP contribution < -0.4 is 11.2 Å². The molecule has 0 aliphatic heterocycles. The number of pyridine rings is 1. The molecule has 17 heavy (non-hydrogen) atoms. The van der Waals surface area contributed by atoms with E-state index in [9.17, 15) is 9.59 Å². The van der Waals surface area contributed by atoms with Crippen LogP contribution in [0.5, 0.6) is 0 Å². The summed E-state index contributed by atoms with van der Waals surface area (Å²) in [5.74, 6) is 0. The van der Waals surface area contributed by atoms with Crippen LogP contribution in [0.25, 0.3) is 0 Å². The Bertz CT molecular complexity index is 614. The third-order valence-corrected chi connectivity index (χ3v) is 2.53.